The highest BCUT2D eigenvalue weighted by molar-refractivity contribution is 6.30. The van der Waals surface area contributed by atoms with Crippen molar-refractivity contribution in [2.75, 3.05) is 19.6 Å². The van der Waals surface area contributed by atoms with Crippen molar-refractivity contribution in [2.24, 2.45) is 5.92 Å². The molecule has 0 unspecified atom stereocenters. The van der Waals surface area contributed by atoms with Crippen molar-refractivity contribution in [3.63, 3.8) is 0 Å². The van der Waals surface area contributed by atoms with Crippen LogP contribution in [0.2, 0.25) is 5.02 Å². The number of carbonyl (C=O) groups excluding carboxylic acids is 1. The van der Waals surface area contributed by atoms with E-state index in [0.29, 0.717) is 12.5 Å². The fraction of sp³-hybridized carbons (Fsp3) is 0.500. The van der Waals surface area contributed by atoms with Crippen molar-refractivity contribution < 1.29 is 4.79 Å². The molecule has 0 aliphatic heterocycles. The van der Waals surface area contributed by atoms with Crippen molar-refractivity contribution >= 4 is 17.5 Å². The van der Waals surface area contributed by atoms with Crippen LogP contribution in [0.4, 0.5) is 0 Å². The number of rotatable bonds is 7. The van der Waals surface area contributed by atoms with Gasteiger partial charge in [0.2, 0.25) is 5.91 Å². The first-order chi connectivity index (χ1) is 8.58. The van der Waals surface area contributed by atoms with Gasteiger partial charge in [0.05, 0.1) is 6.54 Å². The number of halogens is 1. The van der Waals surface area contributed by atoms with Gasteiger partial charge in [0, 0.05) is 11.6 Å². The number of carbonyl (C=O) groups is 1. The summed E-state index contributed by atoms with van der Waals surface area (Å²) in [7, 11) is 0. The summed E-state index contributed by atoms with van der Waals surface area (Å²) in [4.78, 5) is 11.4. The molecular weight excluding hydrogens is 248 g/mol. The van der Waals surface area contributed by atoms with Crippen LogP contribution in [-0.4, -0.2) is 25.5 Å². The van der Waals surface area contributed by atoms with E-state index in [-0.39, 0.29) is 5.91 Å². The molecule has 0 fully saturated rings. The van der Waals surface area contributed by atoms with E-state index in [4.69, 9.17) is 11.6 Å². The summed E-state index contributed by atoms with van der Waals surface area (Å²) in [6, 6.07) is 7.78. The summed E-state index contributed by atoms with van der Waals surface area (Å²) in [6.07, 6.45) is 0.873. The van der Waals surface area contributed by atoms with Gasteiger partial charge >= 0.3 is 0 Å². The first-order valence-electron chi connectivity index (χ1n) is 6.30. The first kappa shape index (κ1) is 15.0. The summed E-state index contributed by atoms with van der Waals surface area (Å²) in [5, 5.41) is 6.74. The Morgan fingerprint density at radius 3 is 2.83 bits per heavy atom. The monoisotopic (exact) mass is 268 g/mol. The highest BCUT2D eigenvalue weighted by Gasteiger charge is 2.01. The fourth-order valence-electron chi connectivity index (χ4n) is 1.51. The summed E-state index contributed by atoms with van der Waals surface area (Å²) in [6.45, 7) is 6.03. The molecule has 0 saturated heterocycles. The molecule has 0 saturated carbocycles. The summed E-state index contributed by atoms with van der Waals surface area (Å²) in [5.74, 6) is 0.537. The Hall–Kier alpha value is -1.06. The van der Waals surface area contributed by atoms with Crippen LogP contribution in [-0.2, 0) is 11.2 Å². The quantitative estimate of drug-likeness (QED) is 0.745. The van der Waals surface area contributed by atoms with Crippen LogP contribution in [0.5, 0.6) is 0 Å². The largest absolute Gasteiger partial charge is 0.355 e. The lowest BCUT2D eigenvalue weighted by atomic mass is 10.1. The Balaban J connectivity index is 2.13. The third kappa shape index (κ3) is 6.62. The van der Waals surface area contributed by atoms with E-state index in [1.54, 1.807) is 0 Å². The second-order valence-electron chi connectivity index (χ2n) is 4.75. The molecule has 0 heterocycles. The minimum Gasteiger partial charge on any atom is -0.355 e. The van der Waals surface area contributed by atoms with E-state index in [9.17, 15) is 4.79 Å². The van der Waals surface area contributed by atoms with Crippen molar-refractivity contribution in [1.29, 1.82) is 0 Å². The normalized spacial score (nSPS) is 10.7. The smallest absolute Gasteiger partial charge is 0.233 e. The predicted octanol–water partition coefficient (Wildman–Crippen LogP) is 2.24. The molecule has 0 radical (unpaired) electrons. The second kappa shape index (κ2) is 8.11. The van der Waals surface area contributed by atoms with Crippen molar-refractivity contribution in [3.8, 4) is 0 Å². The SMILES string of the molecule is CC(C)CNC(=O)CNCCc1cccc(Cl)c1. The van der Waals surface area contributed by atoms with Crippen LogP contribution in [0.3, 0.4) is 0 Å². The van der Waals surface area contributed by atoms with E-state index in [0.717, 1.165) is 24.5 Å². The minimum atomic E-state index is 0.0507. The molecule has 0 bridgehead atoms. The van der Waals surface area contributed by atoms with Gasteiger partial charge in [0.25, 0.3) is 0 Å². The highest BCUT2D eigenvalue weighted by Crippen LogP contribution is 2.10. The van der Waals surface area contributed by atoms with Crippen LogP contribution < -0.4 is 10.6 Å². The average Bonchev–Trinajstić information content (AvgIpc) is 2.32. The highest BCUT2D eigenvalue weighted by atomic mass is 35.5. The number of nitrogens with one attached hydrogen (secondary N) is 2. The molecule has 0 atom stereocenters. The standard InChI is InChI=1S/C14H21ClN2O/c1-11(2)9-17-14(18)10-16-7-6-12-4-3-5-13(15)8-12/h3-5,8,11,16H,6-7,9-10H2,1-2H3,(H,17,18). The maximum absolute atomic E-state index is 11.4. The van der Waals surface area contributed by atoms with Crippen molar-refractivity contribution in [2.45, 2.75) is 20.3 Å². The molecule has 100 valence electrons. The second-order valence-corrected chi connectivity index (χ2v) is 5.19. The molecule has 18 heavy (non-hydrogen) atoms. The maximum Gasteiger partial charge on any atom is 0.233 e. The summed E-state index contributed by atoms with van der Waals surface area (Å²) >= 11 is 5.89. The Kier molecular flexibility index (Phi) is 6.76. The number of benzene rings is 1. The molecular formula is C14H21ClN2O. The fourth-order valence-corrected chi connectivity index (χ4v) is 1.72. The average molecular weight is 269 g/mol. The molecule has 0 aliphatic carbocycles. The molecule has 0 spiro atoms. The molecule has 1 rings (SSSR count). The van der Waals surface area contributed by atoms with E-state index in [2.05, 4.69) is 24.5 Å². The van der Waals surface area contributed by atoms with Gasteiger partial charge < -0.3 is 10.6 Å². The van der Waals surface area contributed by atoms with Crippen LogP contribution in [0.1, 0.15) is 19.4 Å². The van der Waals surface area contributed by atoms with Gasteiger partial charge in [-0.15, -0.1) is 0 Å². The van der Waals surface area contributed by atoms with Gasteiger partial charge in [-0.2, -0.15) is 0 Å². The Morgan fingerprint density at radius 1 is 1.39 bits per heavy atom. The Morgan fingerprint density at radius 2 is 2.17 bits per heavy atom. The first-order valence-corrected chi connectivity index (χ1v) is 6.67. The lowest BCUT2D eigenvalue weighted by molar-refractivity contribution is -0.120. The van der Waals surface area contributed by atoms with Gasteiger partial charge in [-0.3, -0.25) is 4.79 Å². The summed E-state index contributed by atoms with van der Waals surface area (Å²) in [5.41, 5.74) is 1.18. The van der Waals surface area contributed by atoms with Gasteiger partial charge in [-0.05, 0) is 36.6 Å². The number of hydrogen-bond acceptors (Lipinski definition) is 2. The van der Waals surface area contributed by atoms with Crippen LogP contribution in [0.25, 0.3) is 0 Å². The number of amides is 1. The lowest BCUT2D eigenvalue weighted by Crippen LogP contribution is -2.36. The van der Waals surface area contributed by atoms with Crippen LogP contribution in [0, 0.1) is 5.92 Å². The molecule has 1 aromatic rings. The zero-order chi connectivity index (χ0) is 13.4. The van der Waals surface area contributed by atoms with Gasteiger partial charge in [-0.1, -0.05) is 37.6 Å². The molecule has 0 aliphatic rings. The van der Waals surface area contributed by atoms with Crippen LogP contribution >= 0.6 is 11.6 Å². The third-order valence-corrected chi connectivity index (χ3v) is 2.71. The number of hydrogen-bond donors (Lipinski definition) is 2. The Labute approximate surface area is 114 Å². The van der Waals surface area contributed by atoms with Gasteiger partial charge in [0.15, 0.2) is 0 Å². The van der Waals surface area contributed by atoms with Gasteiger partial charge in [0.1, 0.15) is 0 Å². The van der Waals surface area contributed by atoms with E-state index >= 15 is 0 Å². The maximum atomic E-state index is 11.4. The van der Waals surface area contributed by atoms with E-state index in [1.165, 1.54) is 5.56 Å². The molecule has 4 heteroatoms. The topological polar surface area (TPSA) is 41.1 Å². The molecule has 3 nitrogen and oxygen atoms in total. The zero-order valence-corrected chi connectivity index (χ0v) is 11.8. The Bertz CT molecular complexity index is 380. The summed E-state index contributed by atoms with van der Waals surface area (Å²) < 4.78 is 0. The lowest BCUT2D eigenvalue weighted by Gasteiger charge is -2.08. The van der Waals surface area contributed by atoms with Crippen LogP contribution in [0.15, 0.2) is 24.3 Å². The van der Waals surface area contributed by atoms with Crippen molar-refractivity contribution in [1.82, 2.24) is 10.6 Å². The van der Waals surface area contributed by atoms with Gasteiger partial charge in [-0.25, -0.2) is 0 Å². The molecule has 2 N–H and O–H groups in total. The molecule has 0 aromatic heterocycles. The molecule has 1 amide bonds. The molecule has 1 aromatic carbocycles. The van der Waals surface area contributed by atoms with E-state index < -0.39 is 0 Å². The zero-order valence-electron chi connectivity index (χ0n) is 11.0. The predicted molar refractivity (Wildman–Crippen MR) is 75.9 cm³/mol. The van der Waals surface area contributed by atoms with Crippen molar-refractivity contribution in [3.05, 3.63) is 34.9 Å². The van der Waals surface area contributed by atoms with E-state index in [1.807, 2.05) is 24.3 Å². The third-order valence-electron chi connectivity index (χ3n) is 2.47. The minimum absolute atomic E-state index is 0.0507.